The van der Waals surface area contributed by atoms with Gasteiger partial charge in [-0.05, 0) is 25.0 Å². The maximum absolute atomic E-state index is 4.07. The van der Waals surface area contributed by atoms with E-state index in [1.54, 1.807) is 6.20 Å². The van der Waals surface area contributed by atoms with Gasteiger partial charge in [0.25, 0.3) is 0 Å². The summed E-state index contributed by atoms with van der Waals surface area (Å²) in [4.78, 5) is 4.07. The number of anilines is 1. The van der Waals surface area contributed by atoms with Crippen LogP contribution < -0.4 is 5.32 Å². The maximum Gasteiger partial charge on any atom is 0.0528 e. The number of nitrogens with one attached hydrogen (secondary N) is 1. The van der Waals surface area contributed by atoms with E-state index in [-0.39, 0.29) is 0 Å². The quantitative estimate of drug-likeness (QED) is 0.749. The minimum atomic E-state index is 0.592. The Morgan fingerprint density at radius 2 is 2.31 bits per heavy atom. The van der Waals surface area contributed by atoms with E-state index in [9.17, 15) is 0 Å². The van der Waals surface area contributed by atoms with Crippen molar-refractivity contribution in [1.29, 1.82) is 0 Å². The lowest BCUT2D eigenvalue weighted by Gasteiger charge is -2.16. The van der Waals surface area contributed by atoms with Gasteiger partial charge in [-0.3, -0.25) is 4.98 Å². The second-order valence-corrected chi connectivity index (χ2v) is 3.28. The van der Waals surface area contributed by atoms with Gasteiger partial charge in [-0.2, -0.15) is 0 Å². The van der Waals surface area contributed by atoms with Gasteiger partial charge in [-0.15, -0.1) is 0 Å². The molecule has 2 nitrogen and oxygen atoms in total. The van der Waals surface area contributed by atoms with Gasteiger partial charge in [-0.25, -0.2) is 0 Å². The van der Waals surface area contributed by atoms with Gasteiger partial charge in [0.15, 0.2) is 0 Å². The first-order valence-corrected chi connectivity index (χ1v) is 5.03. The largest absolute Gasteiger partial charge is 0.381 e. The average Bonchev–Trinajstić information content (AvgIpc) is 2.19. The summed E-state index contributed by atoms with van der Waals surface area (Å²) in [6, 6.07) is 4.61. The molecule has 0 aliphatic carbocycles. The van der Waals surface area contributed by atoms with Crippen molar-refractivity contribution >= 4 is 5.69 Å². The molecule has 1 atom stereocenters. The zero-order valence-electron chi connectivity index (χ0n) is 8.46. The molecule has 0 spiro atoms. The fourth-order valence-corrected chi connectivity index (χ4v) is 1.41. The normalized spacial score (nSPS) is 12.5. The van der Waals surface area contributed by atoms with Crippen LogP contribution in [0.3, 0.4) is 0 Å². The molecule has 1 unspecified atom stereocenters. The summed E-state index contributed by atoms with van der Waals surface area (Å²) < 4.78 is 0. The predicted molar refractivity (Wildman–Crippen MR) is 56.8 cm³/mol. The van der Waals surface area contributed by atoms with Crippen LogP contribution in [0.25, 0.3) is 0 Å². The Labute approximate surface area is 80.4 Å². The highest BCUT2D eigenvalue weighted by atomic mass is 14.9. The van der Waals surface area contributed by atoms with Crippen molar-refractivity contribution in [1.82, 2.24) is 4.98 Å². The number of aromatic nitrogens is 1. The molecular weight excluding hydrogens is 160 g/mol. The zero-order valence-corrected chi connectivity index (χ0v) is 8.46. The number of hydrogen-bond donors (Lipinski definition) is 1. The lowest BCUT2D eigenvalue weighted by Crippen LogP contribution is -2.17. The molecule has 0 saturated carbocycles. The second-order valence-electron chi connectivity index (χ2n) is 3.28. The van der Waals surface area contributed by atoms with E-state index in [0.717, 1.165) is 5.69 Å². The van der Waals surface area contributed by atoms with Gasteiger partial charge < -0.3 is 5.32 Å². The first-order chi connectivity index (χ1) is 6.36. The summed E-state index contributed by atoms with van der Waals surface area (Å²) in [5, 5.41) is 3.47. The molecule has 1 rings (SSSR count). The number of pyridine rings is 1. The van der Waals surface area contributed by atoms with Gasteiger partial charge in [0.2, 0.25) is 0 Å². The minimum absolute atomic E-state index is 0.592. The van der Waals surface area contributed by atoms with Crippen molar-refractivity contribution in [3.05, 3.63) is 24.5 Å². The lowest BCUT2D eigenvalue weighted by molar-refractivity contribution is 0.622. The molecule has 72 valence electrons. The molecule has 0 aliphatic rings. The molecule has 1 aromatic heterocycles. The Bertz CT molecular complexity index is 221. The number of nitrogens with zero attached hydrogens (tertiary/aromatic N) is 1. The van der Waals surface area contributed by atoms with E-state index < -0.39 is 0 Å². The van der Waals surface area contributed by atoms with Crippen LogP contribution in [0.15, 0.2) is 24.5 Å². The van der Waals surface area contributed by atoms with Crippen molar-refractivity contribution in [3.63, 3.8) is 0 Å². The highest BCUT2D eigenvalue weighted by Gasteiger charge is 2.03. The standard InChI is InChI=1S/C11H18N2/c1-3-6-10(4-2)13-11-7-5-8-12-9-11/h5,7-10,13H,3-4,6H2,1-2H3. The summed E-state index contributed by atoms with van der Waals surface area (Å²) in [6.45, 7) is 4.43. The summed E-state index contributed by atoms with van der Waals surface area (Å²) in [5.74, 6) is 0. The van der Waals surface area contributed by atoms with E-state index in [0.29, 0.717) is 6.04 Å². The van der Waals surface area contributed by atoms with E-state index >= 15 is 0 Å². The molecule has 1 N–H and O–H groups in total. The molecule has 13 heavy (non-hydrogen) atoms. The Hall–Kier alpha value is -1.05. The summed E-state index contributed by atoms with van der Waals surface area (Å²) in [5.41, 5.74) is 1.13. The topological polar surface area (TPSA) is 24.9 Å². The van der Waals surface area contributed by atoms with Crippen molar-refractivity contribution in [2.24, 2.45) is 0 Å². The molecule has 0 aromatic carbocycles. The van der Waals surface area contributed by atoms with Gasteiger partial charge >= 0.3 is 0 Å². The molecular formula is C11H18N2. The highest BCUT2D eigenvalue weighted by molar-refractivity contribution is 5.40. The second kappa shape index (κ2) is 5.57. The molecule has 2 heteroatoms. The third-order valence-corrected chi connectivity index (χ3v) is 2.16. The fraction of sp³-hybridized carbons (Fsp3) is 0.545. The lowest BCUT2D eigenvalue weighted by atomic mass is 10.1. The first kappa shape index (κ1) is 10.0. The van der Waals surface area contributed by atoms with Gasteiger partial charge in [0, 0.05) is 18.4 Å². The van der Waals surface area contributed by atoms with E-state index in [1.807, 2.05) is 12.3 Å². The third-order valence-electron chi connectivity index (χ3n) is 2.16. The number of rotatable bonds is 5. The monoisotopic (exact) mass is 178 g/mol. The zero-order chi connectivity index (χ0) is 9.52. The molecule has 1 heterocycles. The van der Waals surface area contributed by atoms with Crippen molar-refractivity contribution in [3.8, 4) is 0 Å². The van der Waals surface area contributed by atoms with E-state index in [4.69, 9.17) is 0 Å². The summed E-state index contributed by atoms with van der Waals surface area (Å²) >= 11 is 0. The van der Waals surface area contributed by atoms with Crippen molar-refractivity contribution in [2.45, 2.75) is 39.2 Å². The molecule has 0 bridgehead atoms. The Morgan fingerprint density at radius 3 is 2.85 bits per heavy atom. The van der Waals surface area contributed by atoms with Crippen LogP contribution in [0, 0.1) is 0 Å². The highest BCUT2D eigenvalue weighted by Crippen LogP contribution is 2.10. The number of hydrogen-bond acceptors (Lipinski definition) is 2. The molecule has 0 fully saturated rings. The average molecular weight is 178 g/mol. The first-order valence-electron chi connectivity index (χ1n) is 5.03. The Kier molecular flexibility index (Phi) is 4.30. The van der Waals surface area contributed by atoms with Crippen LogP contribution in [0.1, 0.15) is 33.1 Å². The van der Waals surface area contributed by atoms with Crippen molar-refractivity contribution < 1.29 is 0 Å². The maximum atomic E-state index is 4.07. The molecule has 0 amide bonds. The minimum Gasteiger partial charge on any atom is -0.381 e. The van der Waals surface area contributed by atoms with E-state index in [2.05, 4.69) is 30.2 Å². The van der Waals surface area contributed by atoms with Crippen molar-refractivity contribution in [2.75, 3.05) is 5.32 Å². The fourth-order valence-electron chi connectivity index (χ4n) is 1.41. The SMILES string of the molecule is CCCC(CC)Nc1cccnc1. The van der Waals surface area contributed by atoms with Crippen LogP contribution in [-0.4, -0.2) is 11.0 Å². The summed E-state index contributed by atoms with van der Waals surface area (Å²) in [6.07, 6.45) is 7.30. The van der Waals surface area contributed by atoms with E-state index in [1.165, 1.54) is 19.3 Å². The van der Waals surface area contributed by atoms with Gasteiger partial charge in [-0.1, -0.05) is 20.3 Å². The molecule has 0 aliphatic heterocycles. The van der Waals surface area contributed by atoms with Gasteiger partial charge in [0.05, 0.1) is 5.69 Å². The molecule has 0 radical (unpaired) electrons. The third kappa shape index (κ3) is 3.45. The van der Waals surface area contributed by atoms with Gasteiger partial charge in [0.1, 0.15) is 0 Å². The van der Waals surface area contributed by atoms with Crippen LogP contribution in [0.4, 0.5) is 5.69 Å². The summed E-state index contributed by atoms with van der Waals surface area (Å²) in [7, 11) is 0. The Balaban J connectivity index is 2.46. The smallest absolute Gasteiger partial charge is 0.0528 e. The van der Waals surface area contributed by atoms with Crippen LogP contribution >= 0.6 is 0 Å². The van der Waals surface area contributed by atoms with Crippen LogP contribution in [0.5, 0.6) is 0 Å². The molecule has 0 saturated heterocycles. The van der Waals surface area contributed by atoms with Crippen LogP contribution in [-0.2, 0) is 0 Å². The Morgan fingerprint density at radius 1 is 1.46 bits per heavy atom. The van der Waals surface area contributed by atoms with Crippen LogP contribution in [0.2, 0.25) is 0 Å². The predicted octanol–water partition coefficient (Wildman–Crippen LogP) is 3.07. The molecule has 1 aromatic rings.